The van der Waals surface area contributed by atoms with E-state index in [2.05, 4.69) is 25.9 Å². The number of hydrogen-bond acceptors (Lipinski definition) is 4. The number of hydrogen-bond donors (Lipinski definition) is 3. The smallest absolute Gasteiger partial charge is 0.357 e. The molecule has 12 heteroatoms. The van der Waals surface area contributed by atoms with Crippen LogP contribution in [0.4, 0.5) is 18.9 Å². The van der Waals surface area contributed by atoms with E-state index in [1.54, 1.807) is 18.2 Å². The molecule has 6 nitrogen and oxygen atoms in total. The zero-order valence-corrected chi connectivity index (χ0v) is 20.2. The summed E-state index contributed by atoms with van der Waals surface area (Å²) in [5.74, 6) is 0.191. The van der Waals surface area contributed by atoms with Gasteiger partial charge in [-0.2, -0.15) is 13.2 Å². The van der Waals surface area contributed by atoms with Gasteiger partial charge in [-0.25, -0.2) is 9.98 Å². The van der Waals surface area contributed by atoms with Crippen LogP contribution in [-0.2, 0) is 17.5 Å². The van der Waals surface area contributed by atoms with Crippen molar-refractivity contribution in [2.45, 2.75) is 33.0 Å². The summed E-state index contributed by atoms with van der Waals surface area (Å²) in [6, 6.07) is 5.26. The maximum Gasteiger partial charge on any atom is 0.434 e. The first kappa shape index (κ1) is 26.4. The molecule has 2 aromatic rings. The Labute approximate surface area is 198 Å². The van der Waals surface area contributed by atoms with Crippen molar-refractivity contribution in [2.75, 3.05) is 18.4 Å². The van der Waals surface area contributed by atoms with Crippen molar-refractivity contribution in [1.29, 1.82) is 0 Å². The van der Waals surface area contributed by atoms with Crippen LogP contribution >= 0.6 is 46.9 Å². The third-order valence-electron chi connectivity index (χ3n) is 3.75. The molecule has 0 atom stereocenters. The number of amides is 1. The molecule has 0 fully saturated rings. The van der Waals surface area contributed by atoms with Crippen LogP contribution in [0.5, 0.6) is 0 Å². The maximum absolute atomic E-state index is 12.6. The highest BCUT2D eigenvalue weighted by molar-refractivity contribution is 14.0. The molecule has 0 aliphatic carbocycles. The van der Waals surface area contributed by atoms with Crippen molar-refractivity contribution in [3.05, 3.63) is 44.9 Å². The predicted octanol–water partition coefficient (Wildman–Crippen LogP) is 4.83. The van der Waals surface area contributed by atoms with E-state index in [1.807, 2.05) is 13.8 Å². The van der Waals surface area contributed by atoms with Gasteiger partial charge >= 0.3 is 6.18 Å². The minimum atomic E-state index is -4.46. The number of anilines is 1. The van der Waals surface area contributed by atoms with Crippen molar-refractivity contribution in [1.82, 2.24) is 15.6 Å². The fraction of sp³-hybridized carbons (Fsp3) is 0.389. The van der Waals surface area contributed by atoms with Gasteiger partial charge in [0.05, 0.1) is 6.54 Å². The molecule has 0 saturated heterocycles. The number of carbonyl (C=O) groups excluding carboxylic acids is 1. The number of nitrogens with one attached hydrogen (secondary N) is 3. The van der Waals surface area contributed by atoms with E-state index >= 15 is 0 Å². The molecule has 1 aromatic heterocycles. The van der Waals surface area contributed by atoms with Crippen molar-refractivity contribution in [3.63, 3.8) is 0 Å². The van der Waals surface area contributed by atoms with Gasteiger partial charge in [-0.3, -0.25) is 4.79 Å². The summed E-state index contributed by atoms with van der Waals surface area (Å²) in [5.41, 5.74) is 0.512. The van der Waals surface area contributed by atoms with E-state index in [0.29, 0.717) is 29.8 Å². The van der Waals surface area contributed by atoms with Gasteiger partial charge in [0.15, 0.2) is 11.7 Å². The number of carbonyl (C=O) groups is 1. The zero-order valence-electron chi connectivity index (χ0n) is 16.3. The Balaban J connectivity index is 0.00000450. The Kier molecular flexibility index (Phi) is 10.8. The Morgan fingerprint density at radius 1 is 1.30 bits per heavy atom. The third-order valence-corrected chi connectivity index (χ3v) is 4.99. The minimum Gasteiger partial charge on any atom is -0.357 e. The predicted molar refractivity (Wildman–Crippen MR) is 125 cm³/mol. The summed E-state index contributed by atoms with van der Waals surface area (Å²) in [6.45, 7) is 4.53. The first-order valence-corrected chi connectivity index (χ1v) is 10.0. The van der Waals surface area contributed by atoms with Crippen molar-refractivity contribution in [3.8, 4) is 0 Å². The monoisotopic (exact) mass is 575 g/mol. The van der Waals surface area contributed by atoms with Crippen LogP contribution in [0.3, 0.4) is 0 Å². The number of aliphatic imine (C=N–C) groups is 1. The lowest BCUT2D eigenvalue weighted by molar-refractivity contribution is -0.140. The van der Waals surface area contributed by atoms with E-state index in [4.69, 9.17) is 11.6 Å². The minimum absolute atomic E-state index is 0. The van der Waals surface area contributed by atoms with Gasteiger partial charge in [0, 0.05) is 35.6 Å². The number of benzene rings is 1. The van der Waals surface area contributed by atoms with Crippen LogP contribution in [-0.4, -0.2) is 29.9 Å². The standard InChI is InChI=1S/C18H21ClF3N5OS.HI/c1-3-23-17(25-9-16-27-14(10-29-16)18(20,21)22)24-8-7-15(28)26-13-6-4-5-12(19)11(13)2;/h4-6,10H,3,7-9H2,1-2H3,(H,26,28)(H2,23,24,25);1H. The van der Waals surface area contributed by atoms with E-state index in [0.717, 1.165) is 22.3 Å². The summed E-state index contributed by atoms with van der Waals surface area (Å²) < 4.78 is 37.8. The molecule has 2 rings (SSSR count). The van der Waals surface area contributed by atoms with E-state index in [-0.39, 0.29) is 47.9 Å². The van der Waals surface area contributed by atoms with Crippen LogP contribution in [0.2, 0.25) is 5.02 Å². The Bertz CT molecular complexity index is 876. The molecular formula is C18H22ClF3IN5OS. The highest BCUT2D eigenvalue weighted by Gasteiger charge is 2.33. The largest absolute Gasteiger partial charge is 0.434 e. The lowest BCUT2D eigenvalue weighted by Crippen LogP contribution is -2.38. The van der Waals surface area contributed by atoms with Crippen LogP contribution in [0.1, 0.15) is 29.6 Å². The Morgan fingerprint density at radius 3 is 2.67 bits per heavy atom. The van der Waals surface area contributed by atoms with Gasteiger partial charge in [-0.05, 0) is 31.5 Å². The number of alkyl halides is 3. The van der Waals surface area contributed by atoms with Crippen LogP contribution in [0.25, 0.3) is 0 Å². The first-order valence-electron chi connectivity index (χ1n) is 8.79. The number of guanidine groups is 1. The molecule has 0 saturated carbocycles. The summed E-state index contributed by atoms with van der Waals surface area (Å²) >= 11 is 6.94. The maximum atomic E-state index is 12.6. The average Bonchev–Trinajstić information content (AvgIpc) is 3.13. The SMILES string of the molecule is CCNC(=NCc1nc(C(F)(F)F)cs1)NCCC(=O)Nc1cccc(Cl)c1C.I. The number of aromatic nitrogens is 1. The molecule has 166 valence electrons. The second-order valence-electron chi connectivity index (χ2n) is 5.96. The summed E-state index contributed by atoms with van der Waals surface area (Å²) in [4.78, 5) is 19.9. The molecule has 0 unspecified atom stereocenters. The van der Waals surface area contributed by atoms with Gasteiger partial charge in [-0.15, -0.1) is 35.3 Å². The van der Waals surface area contributed by atoms with Crippen molar-refractivity contribution >= 4 is 64.5 Å². The average molecular weight is 576 g/mol. The van der Waals surface area contributed by atoms with E-state index in [1.165, 1.54) is 0 Å². The lowest BCUT2D eigenvalue weighted by atomic mass is 10.2. The molecule has 3 N–H and O–H groups in total. The highest BCUT2D eigenvalue weighted by Crippen LogP contribution is 2.30. The fourth-order valence-corrected chi connectivity index (χ4v) is 3.15. The second kappa shape index (κ2) is 12.3. The molecule has 0 aliphatic heterocycles. The highest BCUT2D eigenvalue weighted by atomic mass is 127. The van der Waals surface area contributed by atoms with E-state index < -0.39 is 11.9 Å². The number of rotatable bonds is 7. The molecular weight excluding hydrogens is 554 g/mol. The molecule has 1 heterocycles. The first-order chi connectivity index (χ1) is 13.7. The summed E-state index contributed by atoms with van der Waals surface area (Å²) in [6.07, 6.45) is -4.29. The number of thiazole rings is 1. The molecule has 1 amide bonds. The zero-order chi connectivity index (χ0) is 21.4. The number of halogens is 5. The second-order valence-corrected chi connectivity index (χ2v) is 7.31. The third kappa shape index (κ3) is 8.26. The molecule has 0 radical (unpaired) electrons. The summed E-state index contributed by atoms with van der Waals surface area (Å²) in [7, 11) is 0. The van der Waals surface area contributed by atoms with Crippen LogP contribution in [0.15, 0.2) is 28.6 Å². The van der Waals surface area contributed by atoms with Crippen LogP contribution < -0.4 is 16.0 Å². The van der Waals surface area contributed by atoms with Crippen molar-refractivity contribution < 1.29 is 18.0 Å². The molecule has 0 aliphatic rings. The van der Waals surface area contributed by atoms with Gasteiger partial charge in [0.1, 0.15) is 5.01 Å². The molecule has 0 bridgehead atoms. The van der Waals surface area contributed by atoms with Gasteiger partial charge in [-0.1, -0.05) is 17.7 Å². The Hall–Kier alpha value is -1.60. The van der Waals surface area contributed by atoms with Gasteiger partial charge < -0.3 is 16.0 Å². The van der Waals surface area contributed by atoms with Crippen molar-refractivity contribution in [2.24, 2.45) is 4.99 Å². The van der Waals surface area contributed by atoms with Gasteiger partial charge in [0.25, 0.3) is 0 Å². The van der Waals surface area contributed by atoms with Crippen LogP contribution in [0, 0.1) is 6.92 Å². The molecule has 1 aromatic carbocycles. The normalized spacial score (nSPS) is 11.6. The molecule has 0 spiro atoms. The van der Waals surface area contributed by atoms with Gasteiger partial charge in [0.2, 0.25) is 5.91 Å². The molecule has 30 heavy (non-hydrogen) atoms. The number of nitrogens with zero attached hydrogens (tertiary/aromatic N) is 2. The van der Waals surface area contributed by atoms with E-state index in [9.17, 15) is 18.0 Å². The summed E-state index contributed by atoms with van der Waals surface area (Å²) in [5, 5.41) is 10.5. The Morgan fingerprint density at radius 2 is 2.03 bits per heavy atom. The fourth-order valence-electron chi connectivity index (χ4n) is 2.25. The quantitative estimate of drug-likeness (QED) is 0.251. The topological polar surface area (TPSA) is 78.4 Å². The lowest BCUT2D eigenvalue weighted by Gasteiger charge is -2.12.